The van der Waals surface area contributed by atoms with Crippen molar-refractivity contribution in [3.05, 3.63) is 12.2 Å². The molecule has 2 amide bonds. The molecule has 30 nitrogen and oxygen atoms in total. The van der Waals surface area contributed by atoms with Crippen molar-refractivity contribution in [2.75, 3.05) is 39.6 Å². The molecule has 0 spiro atoms. The molecule has 5 rings (SSSR count). The fourth-order valence-corrected chi connectivity index (χ4v) is 14.6. The van der Waals surface area contributed by atoms with Crippen LogP contribution < -0.4 is 10.6 Å². The van der Waals surface area contributed by atoms with Crippen LogP contribution in [0.15, 0.2) is 12.2 Å². The van der Waals surface area contributed by atoms with Gasteiger partial charge in [-0.1, -0.05) is 231 Å². The molecule has 0 aromatic heterocycles. The summed E-state index contributed by atoms with van der Waals surface area (Å²) in [5, 5.41) is 181. The molecule has 10 unspecified atom stereocenters. The average Bonchev–Trinajstić information content (AvgIpc) is 0.771. The number of allylic oxidation sites excluding steroid dienone is 1. The van der Waals surface area contributed by atoms with Gasteiger partial charge in [0.05, 0.1) is 51.8 Å². The minimum atomic E-state index is -2.16. The minimum absolute atomic E-state index is 0.198. The number of carbonyl (C=O) groups is 2. The van der Waals surface area contributed by atoms with Gasteiger partial charge in [-0.25, -0.2) is 0 Å². The van der Waals surface area contributed by atoms with Crippen LogP contribution in [0, 0.1) is 0 Å². The fraction of sp³-hybridized carbons (Fsp3) is 0.947. The van der Waals surface area contributed by atoms with Crippen LogP contribution in [0.1, 0.15) is 252 Å². The molecular weight excluding hydrogens is 1390 g/mol. The average molecular weight is 1530 g/mol. The van der Waals surface area contributed by atoms with Gasteiger partial charge in [0.1, 0.15) is 122 Å². The van der Waals surface area contributed by atoms with Crippen molar-refractivity contribution >= 4 is 11.8 Å². The molecule has 622 valence electrons. The highest BCUT2D eigenvalue weighted by Crippen LogP contribution is 2.37. The van der Waals surface area contributed by atoms with Crippen molar-refractivity contribution < 1.29 is 139 Å². The molecular formula is C76H140N2O28. The number of unbranched alkanes of at least 4 members (excludes halogenated alkanes) is 33. The van der Waals surface area contributed by atoms with Crippen molar-refractivity contribution in [1.29, 1.82) is 0 Å². The van der Waals surface area contributed by atoms with Crippen molar-refractivity contribution in [2.24, 2.45) is 0 Å². The predicted octanol–water partition coefficient (Wildman–Crippen LogP) is 2.73. The van der Waals surface area contributed by atoms with Crippen molar-refractivity contribution in [3.8, 4) is 0 Å². The Morgan fingerprint density at radius 3 is 1.13 bits per heavy atom. The molecule has 5 fully saturated rings. The topological polar surface area (TPSA) is 474 Å². The largest absolute Gasteiger partial charge is 0.394 e. The summed E-state index contributed by atoms with van der Waals surface area (Å²) in [7, 11) is 0. The van der Waals surface area contributed by atoms with E-state index >= 15 is 0 Å². The standard InChI is InChI=1S/C76H140N2O28/c1-4-6-8-10-12-14-16-18-19-20-21-22-23-24-25-26-27-29-31-33-35-37-39-41-56(86)78-49(50(85)40-38-36-34-32-30-28-17-15-13-11-9-7-5-2)47-97-73-65(94)62(91)69(54(45-82)101-73)104-75-66(95)63(92)68(55(46-83)102-75)103-72-57(77-48(3)84)70(59(88)52(43-80)98-72)105-76-67(96)71(60(89)53(44-81)100-76)106-74-64(93)61(90)58(87)51(42-79)99-74/h38,40,49-55,57-76,79-83,85,87-96H,4-37,39,41-47H2,1-3H3,(H,77,84)(H,78,86)/b40-38+/t49-,50+,51?,52?,53?,54?,55?,57?,58-,59-,60-,61-,62+,63+,64?,65?,66?,67?,68-,69+,70+,71-,72-,73+,74+,75-,76-/m0/s1. The molecule has 5 saturated heterocycles. The predicted molar refractivity (Wildman–Crippen MR) is 386 cm³/mol. The first-order valence-corrected chi connectivity index (χ1v) is 40.5. The zero-order valence-electron chi connectivity index (χ0n) is 63.5. The van der Waals surface area contributed by atoms with Crippen LogP contribution in [0.5, 0.6) is 0 Å². The molecule has 0 aromatic rings. The summed E-state index contributed by atoms with van der Waals surface area (Å²) in [5.74, 6) is -1.15. The minimum Gasteiger partial charge on any atom is -0.394 e. The third-order valence-corrected chi connectivity index (χ3v) is 21.2. The Labute approximate surface area is 628 Å². The second-order valence-corrected chi connectivity index (χ2v) is 29.9. The van der Waals surface area contributed by atoms with Crippen molar-refractivity contribution in [1.82, 2.24) is 10.6 Å². The van der Waals surface area contributed by atoms with Crippen LogP contribution in [0.3, 0.4) is 0 Å². The monoisotopic (exact) mass is 1530 g/mol. The van der Waals surface area contributed by atoms with Gasteiger partial charge in [0, 0.05) is 13.3 Å². The maximum atomic E-state index is 13.5. The smallest absolute Gasteiger partial charge is 0.220 e. The lowest BCUT2D eigenvalue weighted by Gasteiger charge is -2.50. The Balaban J connectivity index is 1.14. The third kappa shape index (κ3) is 31.5. The molecule has 5 heterocycles. The van der Waals surface area contributed by atoms with E-state index in [9.17, 15) is 91.3 Å². The maximum absolute atomic E-state index is 13.5. The van der Waals surface area contributed by atoms with Crippen LogP contribution in [0.25, 0.3) is 0 Å². The van der Waals surface area contributed by atoms with Crippen molar-refractivity contribution in [2.45, 2.75) is 418 Å². The second kappa shape index (κ2) is 53.6. The van der Waals surface area contributed by atoms with Gasteiger partial charge < -0.3 is 140 Å². The summed E-state index contributed by atoms with van der Waals surface area (Å²) in [6.45, 7) is 0.374. The van der Waals surface area contributed by atoms with Gasteiger partial charge in [0.15, 0.2) is 31.5 Å². The lowest BCUT2D eigenvalue weighted by molar-refractivity contribution is -0.385. The molecule has 30 heteroatoms. The summed E-state index contributed by atoms with van der Waals surface area (Å²) in [4.78, 5) is 26.4. The van der Waals surface area contributed by atoms with E-state index in [0.29, 0.717) is 12.8 Å². The van der Waals surface area contributed by atoms with E-state index < -0.39 is 211 Å². The van der Waals surface area contributed by atoms with E-state index in [1.807, 2.05) is 6.08 Å². The van der Waals surface area contributed by atoms with Crippen LogP contribution in [0.4, 0.5) is 0 Å². The van der Waals surface area contributed by atoms with Crippen LogP contribution >= 0.6 is 0 Å². The Morgan fingerprint density at radius 2 is 0.698 bits per heavy atom. The number of carbonyl (C=O) groups excluding carboxylic acids is 2. The molecule has 5 aliphatic rings. The zero-order chi connectivity index (χ0) is 77.3. The van der Waals surface area contributed by atoms with E-state index in [-0.39, 0.29) is 12.3 Å². The molecule has 18 N–H and O–H groups in total. The number of hydrogen-bond donors (Lipinski definition) is 18. The first-order chi connectivity index (χ1) is 51.2. The normalized spacial score (nSPS) is 34.3. The molecule has 0 bridgehead atoms. The Bertz CT molecular complexity index is 2290. The van der Waals surface area contributed by atoms with E-state index in [0.717, 1.165) is 51.9 Å². The highest BCUT2D eigenvalue weighted by atomic mass is 16.8. The quantitative estimate of drug-likeness (QED) is 0.0307. The fourth-order valence-electron chi connectivity index (χ4n) is 14.6. The van der Waals surface area contributed by atoms with Crippen molar-refractivity contribution in [3.63, 3.8) is 0 Å². The van der Waals surface area contributed by atoms with Gasteiger partial charge in [-0.15, -0.1) is 0 Å². The summed E-state index contributed by atoms with van der Waals surface area (Å²) in [6, 6.07) is -2.78. The van der Waals surface area contributed by atoms with Crippen LogP contribution in [-0.2, 0) is 57.0 Å². The summed E-state index contributed by atoms with van der Waals surface area (Å²) >= 11 is 0. The van der Waals surface area contributed by atoms with Gasteiger partial charge in [-0.2, -0.15) is 0 Å². The summed E-state index contributed by atoms with van der Waals surface area (Å²) in [6.07, 6.45) is -0.106. The second-order valence-electron chi connectivity index (χ2n) is 29.9. The number of aliphatic hydroxyl groups is 16. The molecule has 0 saturated carbocycles. The van der Waals surface area contributed by atoms with Gasteiger partial charge >= 0.3 is 0 Å². The van der Waals surface area contributed by atoms with Gasteiger partial charge in [-0.05, 0) is 19.3 Å². The maximum Gasteiger partial charge on any atom is 0.220 e. The van der Waals surface area contributed by atoms with Gasteiger partial charge in [-0.3, -0.25) is 9.59 Å². The highest BCUT2D eigenvalue weighted by molar-refractivity contribution is 5.76. The van der Waals surface area contributed by atoms with E-state index in [1.54, 1.807) is 6.08 Å². The molecule has 0 radical (unpaired) electrons. The summed E-state index contributed by atoms with van der Waals surface area (Å²) < 4.78 is 58.5. The lowest BCUT2D eigenvalue weighted by Crippen LogP contribution is -2.70. The number of rotatable bonds is 56. The number of ether oxygens (including phenoxy) is 10. The highest BCUT2D eigenvalue weighted by Gasteiger charge is 2.57. The van der Waals surface area contributed by atoms with Crippen LogP contribution in [-0.4, -0.2) is 299 Å². The van der Waals surface area contributed by atoms with E-state index in [2.05, 4.69) is 24.5 Å². The first kappa shape index (κ1) is 94.2. The van der Waals surface area contributed by atoms with E-state index in [1.165, 1.54) is 167 Å². The summed E-state index contributed by atoms with van der Waals surface area (Å²) in [5.41, 5.74) is 0. The number of amides is 2. The van der Waals surface area contributed by atoms with Crippen LogP contribution in [0.2, 0.25) is 0 Å². The third-order valence-electron chi connectivity index (χ3n) is 21.2. The lowest BCUT2D eigenvalue weighted by atomic mass is 9.94. The van der Waals surface area contributed by atoms with Gasteiger partial charge in [0.2, 0.25) is 11.8 Å². The number of nitrogens with one attached hydrogen (secondary N) is 2. The zero-order valence-corrected chi connectivity index (χ0v) is 63.5. The number of hydrogen-bond acceptors (Lipinski definition) is 28. The number of aliphatic hydroxyl groups excluding tert-OH is 16. The van der Waals surface area contributed by atoms with Gasteiger partial charge in [0.25, 0.3) is 0 Å². The molecule has 0 aliphatic carbocycles. The Morgan fingerprint density at radius 1 is 0.368 bits per heavy atom. The SMILES string of the molecule is CCCCCCCCCCCCC/C=C/[C@@H](O)[C@H](CO[C@@H]1OC(CO)[C@@H](O[C@@H]2OC(CO)[C@H](O[C@@H]3OC(CO)[C@H](O)[C@H](O[C@@H]4OC(CO)[C@H](O)[C@H](O[C@H]5OC(CO)[C@H](O)[C@H](O)C5O)C4O)C3NC(C)=O)[C@H](O)C2O)[C@H](O)C1O)NC(=O)CCCCCCCCCCCCCCCCCCCCCCCCC. The molecule has 0 aromatic carbocycles. The Kier molecular flexibility index (Phi) is 47.7. The first-order valence-electron chi connectivity index (χ1n) is 40.5. The Hall–Kier alpha value is -2.36. The molecule has 27 atom stereocenters. The molecule has 5 aliphatic heterocycles. The van der Waals surface area contributed by atoms with E-state index in [4.69, 9.17) is 47.4 Å². The molecule has 106 heavy (non-hydrogen) atoms.